The first-order valence-corrected chi connectivity index (χ1v) is 6.92. The maximum absolute atomic E-state index is 12.1. The van der Waals surface area contributed by atoms with Crippen LogP contribution in [0.5, 0.6) is 0 Å². The summed E-state index contributed by atoms with van der Waals surface area (Å²) in [5.74, 6) is 0.352. The molecular formula is C13H23N3O2. The minimum Gasteiger partial charge on any atom is -0.343 e. The van der Waals surface area contributed by atoms with Crippen molar-refractivity contribution < 1.29 is 9.59 Å². The van der Waals surface area contributed by atoms with E-state index in [4.69, 9.17) is 0 Å². The fourth-order valence-corrected chi connectivity index (χ4v) is 2.76. The van der Waals surface area contributed by atoms with Crippen LogP contribution >= 0.6 is 0 Å². The summed E-state index contributed by atoms with van der Waals surface area (Å²) in [4.78, 5) is 26.0. The molecule has 2 N–H and O–H groups in total. The summed E-state index contributed by atoms with van der Waals surface area (Å²) in [7, 11) is 0. The SMILES string of the molecule is CC(NC(=O)C1NCCC1C)C(=O)N1CCCC1. The third-order valence-corrected chi connectivity index (χ3v) is 3.96. The molecule has 0 saturated carbocycles. The predicted molar refractivity (Wildman–Crippen MR) is 69.0 cm³/mol. The number of likely N-dealkylation sites (tertiary alicyclic amines) is 1. The quantitative estimate of drug-likeness (QED) is 0.750. The summed E-state index contributed by atoms with van der Waals surface area (Å²) < 4.78 is 0. The number of rotatable bonds is 3. The minimum absolute atomic E-state index is 0.0416. The molecule has 3 atom stereocenters. The van der Waals surface area contributed by atoms with Crippen molar-refractivity contribution in [1.82, 2.24) is 15.5 Å². The van der Waals surface area contributed by atoms with E-state index in [1.165, 1.54) is 0 Å². The number of hydrogen-bond acceptors (Lipinski definition) is 3. The monoisotopic (exact) mass is 253 g/mol. The number of carbonyl (C=O) groups excluding carboxylic acids is 2. The summed E-state index contributed by atoms with van der Waals surface area (Å²) >= 11 is 0. The molecule has 5 nitrogen and oxygen atoms in total. The van der Waals surface area contributed by atoms with E-state index in [1.54, 1.807) is 6.92 Å². The highest BCUT2D eigenvalue weighted by Crippen LogP contribution is 2.15. The smallest absolute Gasteiger partial charge is 0.244 e. The molecule has 0 aromatic rings. The van der Waals surface area contributed by atoms with Crippen LogP contribution in [0.1, 0.15) is 33.1 Å². The second-order valence-corrected chi connectivity index (χ2v) is 5.46. The van der Waals surface area contributed by atoms with Crippen molar-refractivity contribution in [3.63, 3.8) is 0 Å². The topological polar surface area (TPSA) is 61.4 Å². The normalized spacial score (nSPS) is 29.3. The van der Waals surface area contributed by atoms with Gasteiger partial charge in [-0.3, -0.25) is 9.59 Å². The molecule has 102 valence electrons. The van der Waals surface area contributed by atoms with Crippen LogP contribution in [0, 0.1) is 5.92 Å². The molecule has 0 aliphatic carbocycles. The van der Waals surface area contributed by atoms with Crippen LogP contribution in [0.4, 0.5) is 0 Å². The molecule has 2 aliphatic heterocycles. The molecule has 2 rings (SSSR count). The van der Waals surface area contributed by atoms with Crippen LogP contribution in [0.25, 0.3) is 0 Å². The van der Waals surface area contributed by atoms with Crippen molar-refractivity contribution in [3.05, 3.63) is 0 Å². The third-order valence-electron chi connectivity index (χ3n) is 3.96. The third kappa shape index (κ3) is 2.83. The Morgan fingerprint density at radius 2 is 2.00 bits per heavy atom. The Balaban J connectivity index is 1.84. The van der Waals surface area contributed by atoms with Gasteiger partial charge in [0.15, 0.2) is 0 Å². The van der Waals surface area contributed by atoms with Crippen molar-refractivity contribution in [1.29, 1.82) is 0 Å². The van der Waals surface area contributed by atoms with Gasteiger partial charge in [0.25, 0.3) is 0 Å². The molecule has 0 aromatic carbocycles. The lowest BCUT2D eigenvalue weighted by Gasteiger charge is -2.23. The summed E-state index contributed by atoms with van der Waals surface area (Å²) in [6, 6.07) is -0.552. The Hall–Kier alpha value is -1.10. The number of nitrogens with one attached hydrogen (secondary N) is 2. The number of carbonyl (C=O) groups is 2. The van der Waals surface area contributed by atoms with E-state index in [2.05, 4.69) is 17.6 Å². The first-order chi connectivity index (χ1) is 8.59. The lowest BCUT2D eigenvalue weighted by atomic mass is 10.0. The molecule has 2 saturated heterocycles. The highest BCUT2D eigenvalue weighted by Gasteiger charge is 2.32. The van der Waals surface area contributed by atoms with Crippen molar-refractivity contribution in [2.45, 2.75) is 45.2 Å². The van der Waals surface area contributed by atoms with E-state index in [9.17, 15) is 9.59 Å². The molecule has 3 unspecified atom stereocenters. The molecule has 2 heterocycles. The molecular weight excluding hydrogens is 230 g/mol. The van der Waals surface area contributed by atoms with Gasteiger partial charge in [-0.15, -0.1) is 0 Å². The Kier molecular flexibility index (Phi) is 4.22. The minimum atomic E-state index is -0.412. The van der Waals surface area contributed by atoms with E-state index in [1.807, 2.05) is 4.90 Å². The van der Waals surface area contributed by atoms with Gasteiger partial charge in [0, 0.05) is 13.1 Å². The van der Waals surface area contributed by atoms with Crippen LogP contribution in [0.15, 0.2) is 0 Å². The first-order valence-electron chi connectivity index (χ1n) is 6.92. The summed E-state index contributed by atoms with van der Waals surface area (Å²) in [5, 5.41) is 6.02. The predicted octanol–water partition coefficient (Wildman–Crippen LogP) is 0.112. The average Bonchev–Trinajstić information content (AvgIpc) is 2.98. The van der Waals surface area contributed by atoms with Crippen molar-refractivity contribution in [2.24, 2.45) is 5.92 Å². The molecule has 0 radical (unpaired) electrons. The van der Waals surface area contributed by atoms with Crippen LogP contribution < -0.4 is 10.6 Å². The van der Waals surface area contributed by atoms with Gasteiger partial charge in [-0.2, -0.15) is 0 Å². The van der Waals surface area contributed by atoms with Crippen LogP contribution in [0.2, 0.25) is 0 Å². The number of hydrogen-bond donors (Lipinski definition) is 2. The molecule has 5 heteroatoms. The molecule has 2 fully saturated rings. The van der Waals surface area contributed by atoms with Gasteiger partial charge in [0.1, 0.15) is 6.04 Å². The number of nitrogens with zero attached hydrogens (tertiary/aromatic N) is 1. The summed E-state index contributed by atoms with van der Waals surface area (Å²) in [6.45, 7) is 6.39. The van der Waals surface area contributed by atoms with Gasteiger partial charge in [-0.05, 0) is 38.6 Å². The number of amides is 2. The standard InChI is InChI=1S/C13H23N3O2/c1-9-5-6-14-11(9)12(17)15-10(2)13(18)16-7-3-4-8-16/h9-11,14H,3-8H2,1-2H3,(H,15,17). The van der Waals surface area contributed by atoms with Gasteiger partial charge in [-0.25, -0.2) is 0 Å². The van der Waals surface area contributed by atoms with E-state index >= 15 is 0 Å². The van der Waals surface area contributed by atoms with Crippen LogP contribution in [0.3, 0.4) is 0 Å². The van der Waals surface area contributed by atoms with Crippen molar-refractivity contribution in [3.8, 4) is 0 Å². The second-order valence-electron chi connectivity index (χ2n) is 5.46. The Labute approximate surface area is 108 Å². The summed E-state index contributed by atoms with van der Waals surface area (Å²) in [6.07, 6.45) is 3.17. The lowest BCUT2D eigenvalue weighted by molar-refractivity contribution is -0.135. The van der Waals surface area contributed by atoms with Crippen molar-refractivity contribution >= 4 is 11.8 Å². The largest absolute Gasteiger partial charge is 0.343 e. The average molecular weight is 253 g/mol. The molecule has 0 aromatic heterocycles. The van der Waals surface area contributed by atoms with Gasteiger partial charge < -0.3 is 15.5 Å². The lowest BCUT2D eigenvalue weighted by Crippen LogP contribution is -2.51. The van der Waals surface area contributed by atoms with Crippen LogP contribution in [-0.2, 0) is 9.59 Å². The second kappa shape index (κ2) is 5.69. The zero-order valence-corrected chi connectivity index (χ0v) is 11.2. The first kappa shape index (κ1) is 13.3. The van der Waals surface area contributed by atoms with Gasteiger partial charge >= 0.3 is 0 Å². The van der Waals surface area contributed by atoms with Crippen molar-refractivity contribution in [2.75, 3.05) is 19.6 Å². The molecule has 18 heavy (non-hydrogen) atoms. The highest BCUT2D eigenvalue weighted by atomic mass is 16.2. The zero-order chi connectivity index (χ0) is 13.1. The highest BCUT2D eigenvalue weighted by molar-refractivity contribution is 5.89. The molecule has 2 amide bonds. The van der Waals surface area contributed by atoms with E-state index in [0.29, 0.717) is 5.92 Å². The fourth-order valence-electron chi connectivity index (χ4n) is 2.76. The van der Waals surface area contributed by atoms with Gasteiger partial charge in [0.05, 0.1) is 6.04 Å². The van der Waals surface area contributed by atoms with Gasteiger partial charge in [-0.1, -0.05) is 6.92 Å². The fraction of sp³-hybridized carbons (Fsp3) is 0.846. The Morgan fingerprint density at radius 3 is 2.56 bits per heavy atom. The molecule has 0 bridgehead atoms. The maximum Gasteiger partial charge on any atom is 0.244 e. The summed E-state index contributed by atoms with van der Waals surface area (Å²) in [5.41, 5.74) is 0. The van der Waals surface area contributed by atoms with Crippen LogP contribution in [-0.4, -0.2) is 48.4 Å². The van der Waals surface area contributed by atoms with E-state index in [0.717, 1.165) is 38.9 Å². The maximum atomic E-state index is 12.1. The van der Waals surface area contributed by atoms with E-state index < -0.39 is 6.04 Å². The zero-order valence-electron chi connectivity index (χ0n) is 11.2. The molecule has 0 spiro atoms. The van der Waals surface area contributed by atoms with E-state index in [-0.39, 0.29) is 17.9 Å². The van der Waals surface area contributed by atoms with Gasteiger partial charge in [0.2, 0.25) is 11.8 Å². The Morgan fingerprint density at radius 1 is 1.33 bits per heavy atom. The molecule has 2 aliphatic rings. The Bertz CT molecular complexity index is 326.